The number of carbonyl (C=O) groups excluding carboxylic acids is 1. The van der Waals surface area contributed by atoms with Gasteiger partial charge in [0.15, 0.2) is 11.6 Å². The number of carbonyl (C=O) groups is 1. The number of anilines is 2. The number of halogens is 2. The van der Waals surface area contributed by atoms with Gasteiger partial charge in [-0.1, -0.05) is 0 Å². The second kappa shape index (κ2) is 6.35. The summed E-state index contributed by atoms with van der Waals surface area (Å²) in [6, 6.07) is 6.68. The molecule has 0 atom stereocenters. The lowest BCUT2D eigenvalue weighted by Crippen LogP contribution is -2.22. The van der Waals surface area contributed by atoms with Gasteiger partial charge in [0, 0.05) is 41.4 Å². The minimum absolute atomic E-state index is 0.0347. The Morgan fingerprint density at radius 2 is 1.96 bits per heavy atom. The van der Waals surface area contributed by atoms with E-state index in [2.05, 4.69) is 20.6 Å². The fraction of sp³-hybridized carbons (Fsp3) is 0.0625. The van der Waals surface area contributed by atoms with Gasteiger partial charge >= 0.3 is 0 Å². The molecule has 5 nitrogen and oxygen atoms in total. The molecule has 0 aliphatic heterocycles. The van der Waals surface area contributed by atoms with Crippen LogP contribution in [0.15, 0.2) is 48.9 Å². The van der Waals surface area contributed by atoms with E-state index in [-0.39, 0.29) is 18.1 Å². The summed E-state index contributed by atoms with van der Waals surface area (Å²) in [6.45, 7) is -0.0347. The van der Waals surface area contributed by atoms with E-state index in [9.17, 15) is 13.6 Å². The molecule has 0 aliphatic carbocycles. The van der Waals surface area contributed by atoms with Crippen molar-refractivity contribution < 1.29 is 13.6 Å². The Balaban J connectivity index is 1.67. The maximum Gasteiger partial charge on any atom is 0.243 e. The van der Waals surface area contributed by atoms with Gasteiger partial charge in [0.2, 0.25) is 5.91 Å². The first-order valence-electron chi connectivity index (χ1n) is 6.81. The zero-order valence-electron chi connectivity index (χ0n) is 11.9. The predicted molar refractivity (Wildman–Crippen MR) is 83.0 cm³/mol. The highest BCUT2D eigenvalue weighted by Gasteiger charge is 2.07. The van der Waals surface area contributed by atoms with Crippen molar-refractivity contribution in [2.24, 2.45) is 0 Å². The van der Waals surface area contributed by atoms with Crippen LogP contribution in [0.25, 0.3) is 10.9 Å². The van der Waals surface area contributed by atoms with Crippen molar-refractivity contribution >= 4 is 28.2 Å². The summed E-state index contributed by atoms with van der Waals surface area (Å²) >= 11 is 0. The molecule has 3 rings (SSSR count). The van der Waals surface area contributed by atoms with Crippen molar-refractivity contribution in [1.29, 1.82) is 0 Å². The van der Waals surface area contributed by atoms with Crippen LogP contribution in [0.4, 0.5) is 20.2 Å². The van der Waals surface area contributed by atoms with Gasteiger partial charge in [0.25, 0.3) is 0 Å². The SMILES string of the molecule is O=C(CNc1ccnc2ccncc12)Nc1ccc(F)c(F)c1. The van der Waals surface area contributed by atoms with E-state index >= 15 is 0 Å². The normalized spacial score (nSPS) is 10.5. The summed E-state index contributed by atoms with van der Waals surface area (Å²) in [5.41, 5.74) is 1.66. The van der Waals surface area contributed by atoms with Gasteiger partial charge in [-0.15, -0.1) is 0 Å². The van der Waals surface area contributed by atoms with E-state index in [1.165, 1.54) is 6.07 Å². The molecule has 1 aromatic carbocycles. The molecule has 2 aromatic heterocycles. The van der Waals surface area contributed by atoms with E-state index in [0.29, 0.717) is 5.69 Å². The summed E-state index contributed by atoms with van der Waals surface area (Å²) in [6.07, 6.45) is 4.91. The summed E-state index contributed by atoms with van der Waals surface area (Å²) in [7, 11) is 0. The second-order valence-electron chi connectivity index (χ2n) is 4.78. The molecule has 0 bridgehead atoms. The fourth-order valence-corrected chi connectivity index (χ4v) is 2.10. The van der Waals surface area contributed by atoms with Gasteiger partial charge in [-0.25, -0.2) is 8.78 Å². The van der Waals surface area contributed by atoms with E-state index in [1.807, 2.05) is 0 Å². The van der Waals surface area contributed by atoms with Crippen molar-refractivity contribution in [2.75, 3.05) is 17.2 Å². The Labute approximate surface area is 130 Å². The van der Waals surface area contributed by atoms with Crippen LogP contribution < -0.4 is 10.6 Å². The third kappa shape index (κ3) is 3.39. The molecule has 23 heavy (non-hydrogen) atoms. The van der Waals surface area contributed by atoms with Gasteiger partial charge < -0.3 is 10.6 Å². The summed E-state index contributed by atoms with van der Waals surface area (Å²) < 4.78 is 25.9. The molecule has 0 aliphatic rings. The number of rotatable bonds is 4. The lowest BCUT2D eigenvalue weighted by molar-refractivity contribution is -0.114. The quantitative estimate of drug-likeness (QED) is 0.777. The topological polar surface area (TPSA) is 66.9 Å². The monoisotopic (exact) mass is 314 g/mol. The lowest BCUT2D eigenvalue weighted by atomic mass is 10.2. The lowest BCUT2D eigenvalue weighted by Gasteiger charge is -2.10. The van der Waals surface area contributed by atoms with Crippen molar-refractivity contribution in [3.63, 3.8) is 0 Å². The average molecular weight is 314 g/mol. The molecular formula is C16H12F2N4O. The van der Waals surface area contributed by atoms with Crippen LogP contribution in [0.2, 0.25) is 0 Å². The van der Waals surface area contributed by atoms with Crippen LogP contribution in [0.1, 0.15) is 0 Å². The molecule has 2 heterocycles. The van der Waals surface area contributed by atoms with E-state index in [1.54, 1.807) is 30.7 Å². The van der Waals surface area contributed by atoms with Gasteiger partial charge in [-0.2, -0.15) is 0 Å². The number of amides is 1. The van der Waals surface area contributed by atoms with E-state index in [4.69, 9.17) is 0 Å². The average Bonchev–Trinajstić information content (AvgIpc) is 2.56. The van der Waals surface area contributed by atoms with Crippen LogP contribution >= 0.6 is 0 Å². The number of nitrogens with zero attached hydrogens (tertiary/aromatic N) is 2. The summed E-state index contributed by atoms with van der Waals surface area (Å²) in [5.74, 6) is -2.36. The first-order chi connectivity index (χ1) is 11.1. The number of aromatic nitrogens is 2. The van der Waals surface area contributed by atoms with E-state index < -0.39 is 11.6 Å². The molecule has 1 amide bonds. The number of nitrogens with one attached hydrogen (secondary N) is 2. The fourth-order valence-electron chi connectivity index (χ4n) is 2.10. The van der Waals surface area contributed by atoms with Crippen molar-refractivity contribution in [2.45, 2.75) is 0 Å². The molecule has 0 saturated heterocycles. The number of hydrogen-bond acceptors (Lipinski definition) is 4. The molecule has 0 unspecified atom stereocenters. The Kier molecular flexibility index (Phi) is 4.09. The van der Waals surface area contributed by atoms with Crippen LogP contribution in [0.3, 0.4) is 0 Å². The molecule has 0 spiro atoms. The molecule has 7 heteroatoms. The third-order valence-corrected chi connectivity index (χ3v) is 3.19. The highest BCUT2D eigenvalue weighted by molar-refractivity contribution is 5.96. The summed E-state index contributed by atoms with van der Waals surface area (Å²) in [4.78, 5) is 20.1. The first kappa shape index (κ1) is 14.8. The van der Waals surface area contributed by atoms with Gasteiger partial charge in [-0.05, 0) is 24.3 Å². The maximum absolute atomic E-state index is 13.1. The summed E-state index contributed by atoms with van der Waals surface area (Å²) in [5, 5.41) is 6.25. The molecular weight excluding hydrogens is 302 g/mol. The highest BCUT2D eigenvalue weighted by atomic mass is 19.2. The van der Waals surface area contributed by atoms with E-state index in [0.717, 1.165) is 23.0 Å². The largest absolute Gasteiger partial charge is 0.376 e. The molecule has 0 fully saturated rings. The molecule has 0 saturated carbocycles. The highest BCUT2D eigenvalue weighted by Crippen LogP contribution is 2.19. The Hall–Kier alpha value is -3.09. The third-order valence-electron chi connectivity index (χ3n) is 3.19. The zero-order valence-corrected chi connectivity index (χ0v) is 11.9. The second-order valence-corrected chi connectivity index (χ2v) is 4.78. The Bertz CT molecular complexity index is 864. The molecule has 2 N–H and O–H groups in total. The number of hydrogen-bond donors (Lipinski definition) is 2. The van der Waals surface area contributed by atoms with Gasteiger partial charge in [0.1, 0.15) is 0 Å². The van der Waals surface area contributed by atoms with Gasteiger partial charge in [0.05, 0.1) is 12.1 Å². The maximum atomic E-state index is 13.1. The molecule has 116 valence electrons. The number of fused-ring (bicyclic) bond motifs is 1. The smallest absolute Gasteiger partial charge is 0.243 e. The molecule has 0 radical (unpaired) electrons. The first-order valence-corrected chi connectivity index (χ1v) is 6.81. The minimum atomic E-state index is -1.01. The van der Waals surface area contributed by atoms with Crippen LogP contribution in [0, 0.1) is 11.6 Å². The number of pyridine rings is 2. The van der Waals surface area contributed by atoms with Gasteiger partial charge in [-0.3, -0.25) is 14.8 Å². The Morgan fingerprint density at radius 1 is 1.09 bits per heavy atom. The van der Waals surface area contributed by atoms with Crippen LogP contribution in [0.5, 0.6) is 0 Å². The predicted octanol–water partition coefficient (Wildman–Crippen LogP) is 2.96. The standard InChI is InChI=1S/C16H12F2N4O/c17-12-2-1-10(7-13(12)18)22-16(23)9-21-15-4-6-20-14-3-5-19-8-11(14)15/h1-8H,9H2,(H,20,21)(H,22,23). The van der Waals surface area contributed by atoms with Crippen LogP contribution in [-0.2, 0) is 4.79 Å². The minimum Gasteiger partial charge on any atom is -0.376 e. The zero-order chi connectivity index (χ0) is 16.2. The van der Waals surface area contributed by atoms with Crippen LogP contribution in [-0.4, -0.2) is 22.4 Å². The van der Waals surface area contributed by atoms with Crippen molar-refractivity contribution in [1.82, 2.24) is 9.97 Å². The Morgan fingerprint density at radius 3 is 2.78 bits per heavy atom. The molecule has 3 aromatic rings. The van der Waals surface area contributed by atoms with Crippen molar-refractivity contribution in [3.8, 4) is 0 Å². The number of benzene rings is 1. The van der Waals surface area contributed by atoms with Crippen molar-refractivity contribution in [3.05, 3.63) is 60.6 Å².